The van der Waals surface area contributed by atoms with E-state index in [1.54, 1.807) is 0 Å². The molecule has 1 amide bonds. The topological polar surface area (TPSA) is 85.6 Å². The van der Waals surface area contributed by atoms with E-state index in [4.69, 9.17) is 4.74 Å². The van der Waals surface area contributed by atoms with Crippen LogP contribution in [0.25, 0.3) is 0 Å². The van der Waals surface area contributed by atoms with Crippen molar-refractivity contribution in [3.63, 3.8) is 0 Å². The number of likely N-dealkylation sites (tertiary alicyclic amines) is 1. The number of nitriles is 1. The van der Waals surface area contributed by atoms with Crippen molar-refractivity contribution in [2.75, 3.05) is 26.2 Å². The molecule has 0 radical (unpaired) electrons. The van der Waals surface area contributed by atoms with Crippen molar-refractivity contribution in [2.45, 2.75) is 63.0 Å². The fourth-order valence-electron chi connectivity index (χ4n) is 5.98. The summed E-state index contributed by atoms with van der Waals surface area (Å²) in [5, 5.41) is 21.9. The van der Waals surface area contributed by atoms with Gasteiger partial charge in [0.05, 0.1) is 24.3 Å². The summed E-state index contributed by atoms with van der Waals surface area (Å²) in [5.41, 5.74) is 1.94. The smallest absolute Gasteiger partial charge is 0.223 e. The van der Waals surface area contributed by atoms with Gasteiger partial charge in [-0.1, -0.05) is 0 Å². The standard InChI is InChI=1S/C25H33N3O3.ClH/c26-12-17-3-6-24-22(9-17)23-14-28(13-19(23)15-31-24)8-7-16-1-4-20(5-2-16)27-25(30)18-10-21(29)11-18;/h3,6,9,16,18-21,23,29H,1-2,4-5,7-8,10-11,13-15H2,(H,27,30);1H/t16?,18?,19-,20?,21?,23+;/m0./s1. The highest BCUT2D eigenvalue weighted by molar-refractivity contribution is 5.85. The Morgan fingerprint density at radius 3 is 2.72 bits per heavy atom. The molecule has 7 heteroatoms. The van der Waals surface area contributed by atoms with Crippen LogP contribution in [-0.2, 0) is 4.79 Å². The number of hydrogen-bond acceptors (Lipinski definition) is 5. The molecule has 2 heterocycles. The van der Waals surface area contributed by atoms with Crippen LogP contribution in [0.15, 0.2) is 18.2 Å². The molecule has 1 aromatic rings. The molecule has 2 atom stereocenters. The van der Waals surface area contributed by atoms with Gasteiger partial charge in [0.2, 0.25) is 5.91 Å². The molecule has 1 aromatic carbocycles. The largest absolute Gasteiger partial charge is 0.493 e. The third kappa shape index (κ3) is 4.90. The second-order valence-electron chi connectivity index (χ2n) is 10.1. The SMILES string of the molecule is Cl.N#Cc1ccc2c(c1)[C@@H]1CN(CCC3CCC(NC(=O)C4CC(O)C4)CC3)C[C@H]1CO2. The van der Waals surface area contributed by atoms with Crippen LogP contribution in [-0.4, -0.2) is 54.3 Å². The van der Waals surface area contributed by atoms with Gasteiger partial charge >= 0.3 is 0 Å². The van der Waals surface area contributed by atoms with Gasteiger partial charge < -0.3 is 20.1 Å². The summed E-state index contributed by atoms with van der Waals surface area (Å²) in [5.74, 6) is 2.89. The molecule has 0 bridgehead atoms. The van der Waals surface area contributed by atoms with Crippen LogP contribution in [0.5, 0.6) is 5.75 Å². The Hall–Kier alpha value is -1.81. The Balaban J connectivity index is 0.00000245. The number of halogens is 1. The second-order valence-corrected chi connectivity index (χ2v) is 10.1. The van der Waals surface area contributed by atoms with Crippen molar-refractivity contribution >= 4 is 18.3 Å². The van der Waals surface area contributed by atoms with Crippen LogP contribution in [0.1, 0.15) is 62.0 Å². The van der Waals surface area contributed by atoms with Crippen LogP contribution >= 0.6 is 12.4 Å². The molecule has 2 aliphatic carbocycles. The van der Waals surface area contributed by atoms with Gasteiger partial charge in [-0.25, -0.2) is 0 Å². The molecule has 2 N–H and O–H groups in total. The van der Waals surface area contributed by atoms with Gasteiger partial charge in [0.15, 0.2) is 0 Å². The average molecular weight is 460 g/mol. The lowest BCUT2D eigenvalue weighted by atomic mass is 9.80. The summed E-state index contributed by atoms with van der Waals surface area (Å²) >= 11 is 0. The fraction of sp³-hybridized carbons (Fsp3) is 0.680. The molecule has 5 rings (SSSR count). The number of nitrogens with zero attached hydrogens (tertiary/aromatic N) is 2. The van der Waals surface area contributed by atoms with Gasteiger partial charge in [-0.05, 0) is 75.6 Å². The van der Waals surface area contributed by atoms with Crippen LogP contribution in [0, 0.1) is 29.1 Å². The first-order chi connectivity index (χ1) is 15.1. The lowest BCUT2D eigenvalue weighted by Gasteiger charge is -2.34. The lowest BCUT2D eigenvalue weighted by molar-refractivity contribution is -0.132. The van der Waals surface area contributed by atoms with Crippen molar-refractivity contribution in [3.05, 3.63) is 29.3 Å². The van der Waals surface area contributed by atoms with Gasteiger partial charge in [0.1, 0.15) is 5.75 Å². The average Bonchev–Trinajstić information content (AvgIpc) is 3.19. The summed E-state index contributed by atoms with van der Waals surface area (Å²) in [6.07, 6.45) is 6.76. The molecule has 6 nitrogen and oxygen atoms in total. The van der Waals surface area contributed by atoms with Crippen LogP contribution < -0.4 is 10.1 Å². The predicted octanol–water partition coefficient (Wildman–Crippen LogP) is 3.22. The minimum atomic E-state index is -0.269. The molecule has 1 saturated heterocycles. The number of aliphatic hydroxyl groups excluding tert-OH is 1. The number of carbonyl (C=O) groups excluding carboxylic acids is 1. The zero-order chi connectivity index (χ0) is 21.4. The normalized spacial score (nSPS) is 33.5. The summed E-state index contributed by atoms with van der Waals surface area (Å²) in [4.78, 5) is 14.8. The summed E-state index contributed by atoms with van der Waals surface area (Å²) < 4.78 is 5.97. The third-order valence-electron chi connectivity index (χ3n) is 8.04. The molecular formula is C25H34ClN3O3. The maximum atomic E-state index is 12.2. The number of carbonyl (C=O) groups is 1. The van der Waals surface area contributed by atoms with E-state index in [2.05, 4.69) is 16.3 Å². The Labute approximate surface area is 196 Å². The maximum absolute atomic E-state index is 12.2. The lowest BCUT2D eigenvalue weighted by Crippen LogP contribution is -2.46. The van der Waals surface area contributed by atoms with E-state index in [-0.39, 0.29) is 30.3 Å². The van der Waals surface area contributed by atoms with Crippen molar-refractivity contribution in [1.82, 2.24) is 10.2 Å². The van der Waals surface area contributed by atoms with E-state index >= 15 is 0 Å². The molecule has 2 aliphatic heterocycles. The zero-order valence-electron chi connectivity index (χ0n) is 18.5. The quantitative estimate of drug-likeness (QED) is 0.706. The first-order valence-electron chi connectivity index (χ1n) is 12.0. The van der Waals surface area contributed by atoms with E-state index in [0.29, 0.717) is 30.7 Å². The van der Waals surface area contributed by atoms with Gasteiger partial charge in [0, 0.05) is 42.4 Å². The number of benzene rings is 1. The highest BCUT2D eigenvalue weighted by Gasteiger charge is 2.39. The zero-order valence-corrected chi connectivity index (χ0v) is 19.4. The van der Waals surface area contributed by atoms with Gasteiger partial charge in [-0.15, -0.1) is 12.4 Å². The van der Waals surface area contributed by atoms with Crippen molar-refractivity contribution in [3.8, 4) is 11.8 Å². The van der Waals surface area contributed by atoms with Crippen molar-refractivity contribution in [1.29, 1.82) is 5.26 Å². The highest BCUT2D eigenvalue weighted by Crippen LogP contribution is 2.42. The predicted molar refractivity (Wildman–Crippen MR) is 124 cm³/mol. The number of ether oxygens (including phenoxy) is 1. The molecule has 0 unspecified atom stereocenters. The van der Waals surface area contributed by atoms with E-state index < -0.39 is 0 Å². The first kappa shape index (κ1) is 23.4. The van der Waals surface area contributed by atoms with Crippen molar-refractivity contribution in [2.24, 2.45) is 17.8 Å². The number of amides is 1. The Kier molecular flexibility index (Phi) is 7.29. The van der Waals surface area contributed by atoms with Crippen LogP contribution in [0.3, 0.4) is 0 Å². The number of rotatable bonds is 5. The van der Waals surface area contributed by atoms with Gasteiger partial charge in [-0.3, -0.25) is 4.79 Å². The molecule has 3 fully saturated rings. The molecule has 32 heavy (non-hydrogen) atoms. The highest BCUT2D eigenvalue weighted by atomic mass is 35.5. The molecule has 4 aliphatic rings. The monoisotopic (exact) mass is 459 g/mol. The van der Waals surface area contributed by atoms with E-state index in [9.17, 15) is 15.2 Å². The molecule has 174 valence electrons. The van der Waals surface area contributed by atoms with Crippen molar-refractivity contribution < 1.29 is 14.6 Å². The fourth-order valence-corrected chi connectivity index (χ4v) is 5.98. The summed E-state index contributed by atoms with van der Waals surface area (Å²) in [6, 6.07) is 8.40. The number of fused-ring (bicyclic) bond motifs is 3. The van der Waals surface area contributed by atoms with E-state index in [0.717, 1.165) is 56.3 Å². The minimum absolute atomic E-state index is 0. The minimum Gasteiger partial charge on any atom is -0.493 e. The van der Waals surface area contributed by atoms with Gasteiger partial charge in [-0.2, -0.15) is 5.26 Å². The van der Waals surface area contributed by atoms with Crippen LogP contribution in [0.2, 0.25) is 0 Å². The number of aliphatic hydroxyl groups is 1. The summed E-state index contributed by atoms with van der Waals surface area (Å²) in [6.45, 7) is 4.05. The third-order valence-corrected chi connectivity index (χ3v) is 8.04. The van der Waals surface area contributed by atoms with E-state index in [1.165, 1.54) is 24.8 Å². The van der Waals surface area contributed by atoms with E-state index in [1.807, 2.05) is 18.2 Å². The van der Waals surface area contributed by atoms with Crippen LogP contribution in [0.4, 0.5) is 0 Å². The Morgan fingerprint density at radius 2 is 2.00 bits per heavy atom. The first-order valence-corrected chi connectivity index (χ1v) is 12.0. The second kappa shape index (κ2) is 9.99. The molecule has 0 aromatic heterocycles. The Bertz CT molecular complexity index is 858. The summed E-state index contributed by atoms with van der Waals surface area (Å²) in [7, 11) is 0. The Morgan fingerprint density at radius 1 is 1.22 bits per heavy atom. The number of hydrogen-bond donors (Lipinski definition) is 2. The van der Waals surface area contributed by atoms with Gasteiger partial charge in [0.25, 0.3) is 0 Å². The number of nitrogens with one attached hydrogen (secondary N) is 1. The molecule has 0 spiro atoms. The maximum Gasteiger partial charge on any atom is 0.223 e. The molecule has 2 saturated carbocycles. The molecular weight excluding hydrogens is 426 g/mol.